The molecular weight excluding hydrogens is 288 g/mol. The maximum Gasteiger partial charge on any atom is 0.0709 e. The van der Waals surface area contributed by atoms with E-state index in [0.29, 0.717) is 24.7 Å². The molecule has 0 aromatic rings. The van der Waals surface area contributed by atoms with Gasteiger partial charge in [0.2, 0.25) is 0 Å². The number of hydrogen-bond acceptors (Lipinski definition) is 3. The first-order chi connectivity index (χ1) is 10.7. The van der Waals surface area contributed by atoms with Gasteiger partial charge in [0.05, 0.1) is 11.7 Å². The van der Waals surface area contributed by atoms with Crippen molar-refractivity contribution in [2.24, 2.45) is 35.0 Å². The van der Waals surface area contributed by atoms with Gasteiger partial charge in [0.15, 0.2) is 0 Å². The van der Waals surface area contributed by atoms with Crippen LogP contribution in [0.15, 0.2) is 11.6 Å². The minimum Gasteiger partial charge on any atom is -0.396 e. The molecule has 0 aromatic heterocycles. The van der Waals surface area contributed by atoms with Crippen LogP contribution < -0.4 is 0 Å². The van der Waals surface area contributed by atoms with Gasteiger partial charge in [-0.15, -0.1) is 0 Å². The normalized spacial score (nSPS) is 50.3. The Labute approximate surface area is 140 Å². The lowest BCUT2D eigenvalue weighted by Crippen LogP contribution is -2.45. The molecule has 3 rings (SSSR count). The highest BCUT2D eigenvalue weighted by atomic mass is 16.3. The molecule has 0 aliphatic heterocycles. The van der Waals surface area contributed by atoms with E-state index in [2.05, 4.69) is 26.8 Å². The van der Waals surface area contributed by atoms with E-state index in [9.17, 15) is 15.3 Å². The molecule has 3 nitrogen and oxygen atoms in total. The van der Waals surface area contributed by atoms with E-state index in [0.717, 1.165) is 6.42 Å². The zero-order valence-corrected chi connectivity index (χ0v) is 15.1. The maximum atomic E-state index is 11.1. The molecule has 3 heteroatoms. The summed E-state index contributed by atoms with van der Waals surface area (Å²) in [5.41, 5.74) is 0.822. The Hall–Kier alpha value is -0.380. The molecule has 132 valence electrons. The average Bonchev–Trinajstić information content (AvgIpc) is 2.93. The second-order valence-corrected chi connectivity index (χ2v) is 9.31. The SMILES string of the molecule is CC(C)[C@H]1CC[C@]2(C)C[C@H]3[C@H](CO)C[C@H](O)[C@H]3[C@](C)(O)CC=C12. The summed E-state index contributed by atoms with van der Waals surface area (Å²) in [4.78, 5) is 0. The number of rotatable bonds is 2. The molecular formula is C20H34O3. The molecule has 0 bridgehead atoms. The second kappa shape index (κ2) is 5.86. The third kappa shape index (κ3) is 2.79. The summed E-state index contributed by atoms with van der Waals surface area (Å²) in [7, 11) is 0. The Balaban J connectivity index is 2.01. The number of fused-ring (bicyclic) bond motifs is 2. The van der Waals surface area contributed by atoms with Gasteiger partial charge in [-0.3, -0.25) is 0 Å². The van der Waals surface area contributed by atoms with Crippen LogP contribution in [0, 0.1) is 35.0 Å². The quantitative estimate of drug-likeness (QED) is 0.685. The third-order valence-corrected chi connectivity index (χ3v) is 7.31. The molecule has 0 unspecified atom stereocenters. The van der Waals surface area contributed by atoms with Gasteiger partial charge in [0.25, 0.3) is 0 Å². The summed E-state index contributed by atoms with van der Waals surface area (Å²) in [6, 6.07) is 0. The van der Waals surface area contributed by atoms with Crippen molar-refractivity contribution in [3.63, 3.8) is 0 Å². The van der Waals surface area contributed by atoms with Gasteiger partial charge < -0.3 is 15.3 Å². The molecule has 3 N–H and O–H groups in total. The van der Waals surface area contributed by atoms with Crippen LogP contribution in [0.5, 0.6) is 0 Å². The maximum absolute atomic E-state index is 11.1. The molecule has 7 atom stereocenters. The Morgan fingerprint density at radius 2 is 2.00 bits per heavy atom. The van der Waals surface area contributed by atoms with E-state index in [-0.39, 0.29) is 29.8 Å². The van der Waals surface area contributed by atoms with E-state index in [4.69, 9.17) is 0 Å². The van der Waals surface area contributed by atoms with Crippen LogP contribution in [0.2, 0.25) is 0 Å². The fourth-order valence-electron chi connectivity index (χ4n) is 6.09. The van der Waals surface area contributed by atoms with Crippen LogP contribution in [-0.2, 0) is 0 Å². The molecule has 3 aliphatic rings. The smallest absolute Gasteiger partial charge is 0.0709 e. The zero-order chi connectivity index (χ0) is 17.0. The first-order valence-electron chi connectivity index (χ1n) is 9.41. The van der Waals surface area contributed by atoms with Crippen molar-refractivity contribution in [1.82, 2.24) is 0 Å². The van der Waals surface area contributed by atoms with Gasteiger partial charge in [-0.1, -0.05) is 32.4 Å². The molecule has 0 saturated heterocycles. The highest BCUT2D eigenvalue weighted by Gasteiger charge is 2.55. The van der Waals surface area contributed by atoms with E-state index in [1.807, 2.05) is 6.92 Å². The van der Waals surface area contributed by atoms with Gasteiger partial charge in [0.1, 0.15) is 0 Å². The topological polar surface area (TPSA) is 60.7 Å². The van der Waals surface area contributed by atoms with Crippen LogP contribution in [0.3, 0.4) is 0 Å². The number of allylic oxidation sites excluding steroid dienone is 1. The minimum atomic E-state index is -0.882. The van der Waals surface area contributed by atoms with Gasteiger partial charge >= 0.3 is 0 Å². The molecule has 3 aliphatic carbocycles. The Kier molecular flexibility index (Phi) is 4.44. The summed E-state index contributed by atoms with van der Waals surface area (Å²) in [6.07, 6.45) is 6.47. The Morgan fingerprint density at radius 3 is 2.61 bits per heavy atom. The lowest BCUT2D eigenvalue weighted by molar-refractivity contribution is -0.0709. The number of hydrogen-bond donors (Lipinski definition) is 3. The molecule has 23 heavy (non-hydrogen) atoms. The van der Waals surface area contributed by atoms with Gasteiger partial charge in [-0.25, -0.2) is 0 Å². The van der Waals surface area contributed by atoms with Crippen molar-refractivity contribution in [3.05, 3.63) is 11.6 Å². The summed E-state index contributed by atoms with van der Waals surface area (Å²) >= 11 is 0. The van der Waals surface area contributed by atoms with Crippen molar-refractivity contribution in [3.8, 4) is 0 Å². The molecule has 0 aromatic carbocycles. The van der Waals surface area contributed by atoms with Gasteiger partial charge in [-0.2, -0.15) is 0 Å². The van der Waals surface area contributed by atoms with E-state index in [1.165, 1.54) is 18.4 Å². The lowest BCUT2D eigenvalue weighted by Gasteiger charge is -2.43. The van der Waals surface area contributed by atoms with E-state index in [1.54, 1.807) is 0 Å². The average molecular weight is 322 g/mol. The fourth-order valence-corrected chi connectivity index (χ4v) is 6.09. The predicted molar refractivity (Wildman–Crippen MR) is 91.8 cm³/mol. The lowest BCUT2D eigenvalue weighted by atomic mass is 9.64. The van der Waals surface area contributed by atoms with Crippen LogP contribution in [0.1, 0.15) is 59.8 Å². The first kappa shape index (κ1) is 17.4. The molecule has 2 saturated carbocycles. The van der Waals surface area contributed by atoms with Crippen LogP contribution >= 0.6 is 0 Å². The Bertz CT molecular complexity index is 481. The van der Waals surface area contributed by atoms with Crippen molar-refractivity contribution in [2.45, 2.75) is 71.5 Å². The molecule has 2 fully saturated rings. The van der Waals surface area contributed by atoms with E-state index >= 15 is 0 Å². The first-order valence-corrected chi connectivity index (χ1v) is 9.41. The minimum absolute atomic E-state index is 0.118. The molecule has 0 amide bonds. The fraction of sp³-hybridized carbons (Fsp3) is 0.900. The van der Waals surface area contributed by atoms with Crippen LogP contribution in [0.4, 0.5) is 0 Å². The highest BCUT2D eigenvalue weighted by molar-refractivity contribution is 5.26. The predicted octanol–water partition coefficient (Wildman–Crippen LogP) is 3.14. The summed E-state index contributed by atoms with van der Waals surface area (Å²) in [5, 5.41) is 31.4. The molecule has 0 heterocycles. The Morgan fingerprint density at radius 1 is 1.30 bits per heavy atom. The van der Waals surface area contributed by atoms with Crippen molar-refractivity contribution >= 4 is 0 Å². The zero-order valence-electron chi connectivity index (χ0n) is 15.1. The molecule has 0 spiro atoms. The van der Waals surface area contributed by atoms with Crippen molar-refractivity contribution < 1.29 is 15.3 Å². The summed E-state index contributed by atoms with van der Waals surface area (Å²) in [6.45, 7) is 8.97. The highest BCUT2D eigenvalue weighted by Crippen LogP contribution is 2.58. The molecule has 0 radical (unpaired) electrons. The second-order valence-electron chi connectivity index (χ2n) is 9.31. The third-order valence-electron chi connectivity index (χ3n) is 7.31. The van der Waals surface area contributed by atoms with Crippen LogP contribution in [-0.4, -0.2) is 33.6 Å². The summed E-state index contributed by atoms with van der Waals surface area (Å²) in [5.74, 6) is 1.46. The summed E-state index contributed by atoms with van der Waals surface area (Å²) < 4.78 is 0. The van der Waals surface area contributed by atoms with Crippen LogP contribution in [0.25, 0.3) is 0 Å². The van der Waals surface area contributed by atoms with Gasteiger partial charge in [-0.05, 0) is 68.1 Å². The monoisotopic (exact) mass is 322 g/mol. The largest absolute Gasteiger partial charge is 0.396 e. The van der Waals surface area contributed by atoms with Crippen molar-refractivity contribution in [2.75, 3.05) is 6.61 Å². The standard InChI is InChI=1S/C20H34O3/c1-12(2)14-5-7-19(3)10-15-13(11-21)9-17(22)18(15)20(4,23)8-6-16(14)19/h6,12-15,17-18,21-23H,5,7-11H2,1-4H3/t13-,14+,15-,17-,18-,19+,20+/m0/s1. The van der Waals surface area contributed by atoms with E-state index < -0.39 is 11.7 Å². The number of aliphatic hydroxyl groups excluding tert-OH is 2. The van der Waals surface area contributed by atoms with Gasteiger partial charge in [0, 0.05) is 12.5 Å². The number of aliphatic hydroxyl groups is 3. The van der Waals surface area contributed by atoms with Crippen molar-refractivity contribution in [1.29, 1.82) is 0 Å².